The second-order valence-corrected chi connectivity index (χ2v) is 4.44. The number of benzene rings is 1. The zero-order chi connectivity index (χ0) is 14.8. The molecule has 0 amide bonds. The van der Waals surface area contributed by atoms with Crippen molar-refractivity contribution < 1.29 is 19.0 Å². The van der Waals surface area contributed by atoms with Crippen LogP contribution in [0.4, 0.5) is 0 Å². The monoisotopic (exact) mass is 281 g/mol. The van der Waals surface area contributed by atoms with E-state index in [4.69, 9.17) is 9.47 Å². The van der Waals surface area contributed by atoms with E-state index in [1.807, 2.05) is 24.3 Å². The van der Waals surface area contributed by atoms with Crippen LogP contribution < -0.4 is 4.74 Å². The van der Waals surface area contributed by atoms with Gasteiger partial charge in [0.05, 0.1) is 27.2 Å². The van der Waals surface area contributed by atoms with Gasteiger partial charge in [-0.1, -0.05) is 12.1 Å². The van der Waals surface area contributed by atoms with Gasteiger partial charge in [0.15, 0.2) is 0 Å². The highest BCUT2D eigenvalue weighted by Gasteiger charge is 2.09. The Bertz CT molecular complexity index is 391. The topological polar surface area (TPSA) is 48.0 Å². The van der Waals surface area contributed by atoms with Crippen LogP contribution in [-0.2, 0) is 20.8 Å². The molecule has 0 radical (unpaired) electrons. The number of rotatable bonds is 9. The summed E-state index contributed by atoms with van der Waals surface area (Å²) in [5.74, 6) is 0.647. The van der Waals surface area contributed by atoms with E-state index < -0.39 is 0 Å². The van der Waals surface area contributed by atoms with Gasteiger partial charge in [-0.3, -0.25) is 9.69 Å². The fourth-order valence-electron chi connectivity index (χ4n) is 1.83. The summed E-state index contributed by atoms with van der Waals surface area (Å²) in [6, 6.07) is 7.92. The van der Waals surface area contributed by atoms with E-state index in [0.717, 1.165) is 18.8 Å². The normalized spacial score (nSPS) is 10.6. The summed E-state index contributed by atoms with van der Waals surface area (Å²) >= 11 is 0. The van der Waals surface area contributed by atoms with Gasteiger partial charge in [-0.15, -0.1) is 0 Å². The first-order valence-corrected chi connectivity index (χ1v) is 6.60. The van der Waals surface area contributed by atoms with Crippen molar-refractivity contribution in [2.45, 2.75) is 13.0 Å². The van der Waals surface area contributed by atoms with Crippen LogP contribution in [0.25, 0.3) is 0 Å². The van der Waals surface area contributed by atoms with Crippen LogP contribution in [0, 0.1) is 0 Å². The van der Waals surface area contributed by atoms with Crippen molar-refractivity contribution in [3.05, 3.63) is 29.8 Å². The van der Waals surface area contributed by atoms with Gasteiger partial charge in [-0.25, -0.2) is 0 Å². The standard InChI is InChI=1S/C15H23NO4/c1-18-11-10-16(9-8-15(17)20-3)12-13-4-6-14(19-2)7-5-13/h4-7H,8-12H2,1-3H3. The van der Waals surface area contributed by atoms with Crippen molar-refractivity contribution in [3.8, 4) is 5.75 Å². The summed E-state index contributed by atoms with van der Waals surface area (Å²) in [6.07, 6.45) is 0.385. The largest absolute Gasteiger partial charge is 0.497 e. The molecular formula is C15H23NO4. The highest BCUT2D eigenvalue weighted by atomic mass is 16.5. The Kier molecular flexibility index (Phi) is 7.69. The van der Waals surface area contributed by atoms with Gasteiger partial charge in [0.2, 0.25) is 0 Å². The molecule has 0 bridgehead atoms. The number of hydrogen-bond acceptors (Lipinski definition) is 5. The zero-order valence-corrected chi connectivity index (χ0v) is 12.4. The van der Waals surface area contributed by atoms with Crippen molar-refractivity contribution in [1.82, 2.24) is 4.90 Å². The molecule has 1 aromatic carbocycles. The molecule has 0 saturated heterocycles. The highest BCUT2D eigenvalue weighted by Crippen LogP contribution is 2.13. The first-order valence-electron chi connectivity index (χ1n) is 6.60. The SMILES string of the molecule is COCCN(CCC(=O)OC)Cc1ccc(OC)cc1. The van der Waals surface area contributed by atoms with Gasteiger partial charge in [0, 0.05) is 26.7 Å². The molecule has 0 aliphatic carbocycles. The Hall–Kier alpha value is -1.59. The predicted molar refractivity (Wildman–Crippen MR) is 76.8 cm³/mol. The van der Waals surface area contributed by atoms with Crippen LogP contribution in [0.15, 0.2) is 24.3 Å². The number of hydrogen-bond donors (Lipinski definition) is 0. The van der Waals surface area contributed by atoms with E-state index in [2.05, 4.69) is 9.64 Å². The minimum absolute atomic E-state index is 0.192. The number of ether oxygens (including phenoxy) is 3. The molecule has 0 heterocycles. The number of esters is 1. The molecular weight excluding hydrogens is 258 g/mol. The molecule has 0 saturated carbocycles. The summed E-state index contributed by atoms with van der Waals surface area (Å²) < 4.78 is 14.9. The third-order valence-electron chi connectivity index (χ3n) is 3.04. The summed E-state index contributed by atoms with van der Waals surface area (Å²) in [5.41, 5.74) is 1.17. The maximum absolute atomic E-state index is 11.2. The average molecular weight is 281 g/mol. The van der Waals surface area contributed by atoms with Crippen LogP contribution in [0.1, 0.15) is 12.0 Å². The van der Waals surface area contributed by atoms with Gasteiger partial charge in [0.25, 0.3) is 0 Å². The fraction of sp³-hybridized carbons (Fsp3) is 0.533. The van der Waals surface area contributed by atoms with Crippen molar-refractivity contribution in [3.63, 3.8) is 0 Å². The van der Waals surface area contributed by atoms with E-state index >= 15 is 0 Å². The molecule has 112 valence electrons. The molecule has 0 N–H and O–H groups in total. The average Bonchev–Trinajstić information content (AvgIpc) is 2.50. The lowest BCUT2D eigenvalue weighted by molar-refractivity contribution is -0.141. The molecule has 20 heavy (non-hydrogen) atoms. The van der Waals surface area contributed by atoms with Crippen molar-refractivity contribution in [2.75, 3.05) is 41.0 Å². The molecule has 0 fully saturated rings. The minimum atomic E-state index is -0.192. The molecule has 5 heteroatoms. The van der Waals surface area contributed by atoms with E-state index in [9.17, 15) is 4.79 Å². The second kappa shape index (κ2) is 9.34. The van der Waals surface area contributed by atoms with Crippen LogP contribution in [-0.4, -0.2) is 51.9 Å². The Morgan fingerprint density at radius 1 is 1.10 bits per heavy atom. The van der Waals surface area contributed by atoms with Crippen LogP contribution in [0.2, 0.25) is 0 Å². The second-order valence-electron chi connectivity index (χ2n) is 4.44. The summed E-state index contributed by atoms with van der Waals surface area (Å²) in [7, 11) is 4.73. The van der Waals surface area contributed by atoms with Gasteiger partial charge in [-0.05, 0) is 17.7 Å². The van der Waals surface area contributed by atoms with Gasteiger partial charge < -0.3 is 14.2 Å². The quantitative estimate of drug-likeness (QED) is 0.645. The van der Waals surface area contributed by atoms with Crippen molar-refractivity contribution in [1.29, 1.82) is 0 Å². The zero-order valence-electron chi connectivity index (χ0n) is 12.4. The van der Waals surface area contributed by atoms with Gasteiger partial charge >= 0.3 is 5.97 Å². The third kappa shape index (κ3) is 6.04. The van der Waals surface area contributed by atoms with Gasteiger partial charge in [-0.2, -0.15) is 0 Å². The molecule has 0 spiro atoms. The lowest BCUT2D eigenvalue weighted by Crippen LogP contribution is -2.29. The van der Waals surface area contributed by atoms with E-state index in [-0.39, 0.29) is 5.97 Å². The number of nitrogens with zero attached hydrogens (tertiary/aromatic N) is 1. The third-order valence-corrected chi connectivity index (χ3v) is 3.04. The summed E-state index contributed by atoms with van der Waals surface area (Å²) in [4.78, 5) is 13.4. The molecule has 0 unspecified atom stereocenters. The Morgan fingerprint density at radius 3 is 2.35 bits per heavy atom. The van der Waals surface area contributed by atoms with Gasteiger partial charge in [0.1, 0.15) is 5.75 Å². The van der Waals surface area contributed by atoms with E-state index in [0.29, 0.717) is 19.6 Å². The molecule has 0 aromatic heterocycles. The molecule has 0 aliphatic heterocycles. The fourth-order valence-corrected chi connectivity index (χ4v) is 1.83. The summed E-state index contributed by atoms with van der Waals surface area (Å²) in [5, 5.41) is 0. The maximum Gasteiger partial charge on any atom is 0.306 e. The predicted octanol–water partition coefficient (Wildman–Crippen LogP) is 1.71. The molecule has 1 aromatic rings. The van der Waals surface area contributed by atoms with Crippen molar-refractivity contribution in [2.24, 2.45) is 0 Å². The van der Waals surface area contributed by atoms with E-state index in [1.54, 1.807) is 14.2 Å². The van der Waals surface area contributed by atoms with Crippen LogP contribution in [0.5, 0.6) is 5.75 Å². The van der Waals surface area contributed by atoms with Crippen molar-refractivity contribution >= 4 is 5.97 Å². The first kappa shape index (κ1) is 16.5. The summed E-state index contributed by atoms with van der Waals surface area (Å²) in [6.45, 7) is 2.84. The maximum atomic E-state index is 11.2. The molecule has 0 aliphatic rings. The number of carbonyl (C=O) groups excluding carboxylic acids is 1. The van der Waals surface area contributed by atoms with Crippen LogP contribution in [0.3, 0.4) is 0 Å². The Labute approximate surface area is 120 Å². The molecule has 0 atom stereocenters. The first-order chi connectivity index (χ1) is 9.69. The Morgan fingerprint density at radius 2 is 1.80 bits per heavy atom. The number of methoxy groups -OCH3 is 3. The minimum Gasteiger partial charge on any atom is -0.497 e. The smallest absolute Gasteiger partial charge is 0.306 e. The lowest BCUT2D eigenvalue weighted by Gasteiger charge is -2.21. The molecule has 1 rings (SSSR count). The molecule has 5 nitrogen and oxygen atoms in total. The van der Waals surface area contributed by atoms with Crippen LogP contribution >= 0.6 is 0 Å². The van der Waals surface area contributed by atoms with E-state index in [1.165, 1.54) is 12.7 Å². The number of carbonyl (C=O) groups is 1. The lowest BCUT2D eigenvalue weighted by atomic mass is 10.2. The highest BCUT2D eigenvalue weighted by molar-refractivity contribution is 5.69. The Balaban J connectivity index is 2.55.